The number of fused-ring (bicyclic) bond motifs is 2. The van der Waals surface area contributed by atoms with E-state index >= 15 is 0 Å². The predicted molar refractivity (Wildman–Crippen MR) is 91.2 cm³/mol. The highest BCUT2D eigenvalue weighted by molar-refractivity contribution is 5.19. The van der Waals surface area contributed by atoms with Gasteiger partial charge in [0.15, 0.2) is 0 Å². The largest absolute Gasteiger partial charge is 0.396 e. The zero-order valence-corrected chi connectivity index (χ0v) is 15.2. The summed E-state index contributed by atoms with van der Waals surface area (Å²) < 4.78 is 0. The Bertz CT molecular complexity index is 524. The summed E-state index contributed by atoms with van der Waals surface area (Å²) in [7, 11) is 0. The fourth-order valence-corrected chi connectivity index (χ4v) is 7.93. The summed E-state index contributed by atoms with van der Waals surface area (Å²) in [6, 6.07) is 0. The Morgan fingerprint density at radius 2 is 1.67 bits per heavy atom. The molecule has 0 saturated heterocycles. The van der Waals surface area contributed by atoms with E-state index in [1.807, 2.05) is 0 Å². The molecule has 1 unspecified atom stereocenters. The minimum atomic E-state index is -0.886. The van der Waals surface area contributed by atoms with E-state index in [9.17, 15) is 20.4 Å². The van der Waals surface area contributed by atoms with Crippen molar-refractivity contribution in [3.63, 3.8) is 0 Å². The van der Waals surface area contributed by atoms with Crippen LogP contribution in [0.15, 0.2) is 0 Å². The van der Waals surface area contributed by atoms with Crippen molar-refractivity contribution >= 4 is 0 Å². The summed E-state index contributed by atoms with van der Waals surface area (Å²) in [4.78, 5) is 0. The maximum Gasteiger partial charge on any atom is 0.0905 e. The minimum Gasteiger partial charge on any atom is -0.396 e. The van der Waals surface area contributed by atoms with Crippen LogP contribution in [-0.2, 0) is 0 Å². The Labute approximate surface area is 145 Å². The SMILES string of the molecule is C[C@@]1(CO)[C@H](O)CC[C@@]2(C)[C@H]1CCC1C[C@@H]3C[C@@]12CC[C@]3(O)CO. The van der Waals surface area contributed by atoms with Crippen LogP contribution in [0.2, 0.25) is 0 Å². The molecule has 0 aromatic heterocycles. The van der Waals surface area contributed by atoms with Crippen LogP contribution in [0, 0.1) is 34.0 Å². The van der Waals surface area contributed by atoms with Crippen molar-refractivity contribution in [2.75, 3.05) is 13.2 Å². The lowest BCUT2D eigenvalue weighted by molar-refractivity contribution is -0.216. The molecule has 4 rings (SSSR count). The molecule has 4 aliphatic carbocycles. The molecule has 0 aromatic carbocycles. The van der Waals surface area contributed by atoms with Crippen molar-refractivity contribution in [2.45, 2.75) is 76.9 Å². The van der Waals surface area contributed by atoms with Crippen molar-refractivity contribution in [1.82, 2.24) is 0 Å². The molecule has 4 aliphatic rings. The lowest BCUT2D eigenvalue weighted by Gasteiger charge is -2.66. The minimum absolute atomic E-state index is 0.0547. The molecule has 0 heterocycles. The van der Waals surface area contributed by atoms with Crippen LogP contribution in [0.3, 0.4) is 0 Å². The third kappa shape index (κ3) is 1.84. The second-order valence-electron chi connectivity index (χ2n) is 10.0. The van der Waals surface area contributed by atoms with Crippen LogP contribution in [-0.4, -0.2) is 45.3 Å². The smallest absolute Gasteiger partial charge is 0.0905 e. The van der Waals surface area contributed by atoms with Gasteiger partial charge in [0.05, 0.1) is 24.9 Å². The zero-order chi connectivity index (χ0) is 17.4. The number of aliphatic hydroxyl groups is 4. The Morgan fingerprint density at radius 1 is 0.917 bits per heavy atom. The summed E-state index contributed by atoms with van der Waals surface area (Å²) >= 11 is 0. The molecular weight excluding hydrogens is 304 g/mol. The van der Waals surface area contributed by atoms with Crippen molar-refractivity contribution in [1.29, 1.82) is 0 Å². The Morgan fingerprint density at radius 3 is 2.33 bits per heavy atom. The van der Waals surface area contributed by atoms with E-state index in [4.69, 9.17) is 0 Å². The average molecular weight is 338 g/mol. The van der Waals surface area contributed by atoms with Crippen LogP contribution in [0.4, 0.5) is 0 Å². The van der Waals surface area contributed by atoms with Gasteiger partial charge < -0.3 is 20.4 Å². The fourth-order valence-electron chi connectivity index (χ4n) is 7.93. The van der Waals surface area contributed by atoms with Gasteiger partial charge in [-0.15, -0.1) is 0 Å². The molecule has 24 heavy (non-hydrogen) atoms. The molecule has 4 nitrogen and oxygen atoms in total. The zero-order valence-electron chi connectivity index (χ0n) is 15.2. The summed E-state index contributed by atoms with van der Waals surface area (Å²) in [6.07, 6.45) is 7.33. The van der Waals surface area contributed by atoms with Gasteiger partial charge in [0, 0.05) is 5.41 Å². The first kappa shape index (κ1) is 17.3. The number of rotatable bonds is 2. The third-order valence-electron chi connectivity index (χ3n) is 9.54. The van der Waals surface area contributed by atoms with Gasteiger partial charge in [-0.25, -0.2) is 0 Å². The lowest BCUT2D eigenvalue weighted by atomic mass is 9.39. The van der Waals surface area contributed by atoms with E-state index in [1.54, 1.807) is 0 Å². The molecule has 138 valence electrons. The van der Waals surface area contributed by atoms with E-state index in [0.717, 1.165) is 44.9 Å². The fraction of sp³-hybridized carbons (Fsp3) is 1.00. The molecule has 1 spiro atoms. The van der Waals surface area contributed by atoms with Gasteiger partial charge in [0.2, 0.25) is 0 Å². The summed E-state index contributed by atoms with van der Waals surface area (Å²) in [5.74, 6) is 1.18. The standard InChI is InChI=1S/C20H34O4/c1-17(11-21)15-4-3-13-9-14-10-19(13,7-8-20(14,24)12-22)18(15,2)6-5-16(17)23/h13-16,21-24H,3-12H2,1-2H3/t13?,14-,15+,16-,17+,18+,19+,20+/m1/s1. The Balaban J connectivity index is 1.74. The van der Waals surface area contributed by atoms with Crippen LogP contribution in [0.25, 0.3) is 0 Å². The van der Waals surface area contributed by atoms with Crippen molar-refractivity contribution in [3.05, 3.63) is 0 Å². The number of hydrogen-bond acceptors (Lipinski definition) is 4. The number of aliphatic hydroxyl groups excluding tert-OH is 3. The average Bonchev–Trinajstić information content (AvgIpc) is 2.93. The molecule has 0 amide bonds. The summed E-state index contributed by atoms with van der Waals surface area (Å²) in [5, 5.41) is 41.3. The first-order valence-corrected chi connectivity index (χ1v) is 9.88. The third-order valence-corrected chi connectivity index (χ3v) is 9.54. The first-order valence-electron chi connectivity index (χ1n) is 9.88. The van der Waals surface area contributed by atoms with Gasteiger partial charge in [-0.3, -0.25) is 0 Å². The van der Waals surface area contributed by atoms with E-state index in [1.165, 1.54) is 0 Å². The van der Waals surface area contributed by atoms with E-state index < -0.39 is 17.1 Å². The van der Waals surface area contributed by atoms with Crippen LogP contribution in [0.1, 0.15) is 65.2 Å². The van der Waals surface area contributed by atoms with E-state index in [0.29, 0.717) is 18.3 Å². The van der Waals surface area contributed by atoms with Gasteiger partial charge in [0.1, 0.15) is 0 Å². The van der Waals surface area contributed by atoms with Crippen molar-refractivity contribution in [2.24, 2.45) is 34.0 Å². The highest BCUT2D eigenvalue weighted by atomic mass is 16.3. The predicted octanol–water partition coefficient (Wildman–Crippen LogP) is 2.09. The van der Waals surface area contributed by atoms with Crippen LogP contribution in [0.5, 0.6) is 0 Å². The van der Waals surface area contributed by atoms with Crippen LogP contribution < -0.4 is 0 Å². The maximum atomic E-state index is 10.9. The van der Waals surface area contributed by atoms with Crippen LogP contribution >= 0.6 is 0 Å². The molecule has 0 aromatic rings. The molecule has 0 aliphatic heterocycles. The molecule has 0 radical (unpaired) electrons. The second kappa shape index (κ2) is 5.18. The molecule has 4 N–H and O–H groups in total. The summed E-state index contributed by atoms with van der Waals surface area (Å²) in [5.41, 5.74) is -0.949. The quantitative estimate of drug-likeness (QED) is 0.621. The normalized spacial score (nSPS) is 59.8. The van der Waals surface area contributed by atoms with Gasteiger partial charge in [-0.1, -0.05) is 13.8 Å². The second-order valence-corrected chi connectivity index (χ2v) is 10.0. The molecule has 4 fully saturated rings. The van der Waals surface area contributed by atoms with Gasteiger partial charge in [-0.2, -0.15) is 0 Å². The van der Waals surface area contributed by atoms with Gasteiger partial charge in [-0.05, 0) is 80.0 Å². The van der Waals surface area contributed by atoms with Crippen molar-refractivity contribution in [3.8, 4) is 0 Å². The van der Waals surface area contributed by atoms with E-state index in [2.05, 4.69) is 13.8 Å². The topological polar surface area (TPSA) is 80.9 Å². The molecule has 8 atom stereocenters. The highest BCUT2D eigenvalue weighted by Gasteiger charge is 2.70. The summed E-state index contributed by atoms with van der Waals surface area (Å²) in [6.45, 7) is 4.43. The molecule has 4 heteroatoms. The first-order chi connectivity index (χ1) is 11.3. The van der Waals surface area contributed by atoms with E-state index in [-0.39, 0.29) is 30.0 Å². The molecular formula is C20H34O4. The Hall–Kier alpha value is -0.160. The lowest BCUT2D eigenvalue weighted by Crippen LogP contribution is -2.63. The van der Waals surface area contributed by atoms with Crippen molar-refractivity contribution < 1.29 is 20.4 Å². The maximum absolute atomic E-state index is 10.9. The van der Waals surface area contributed by atoms with Gasteiger partial charge >= 0.3 is 0 Å². The molecule has 4 saturated carbocycles. The van der Waals surface area contributed by atoms with Gasteiger partial charge in [0.25, 0.3) is 0 Å². The number of hydrogen-bond donors (Lipinski definition) is 4. The molecule has 2 bridgehead atoms. The highest BCUT2D eigenvalue weighted by Crippen LogP contribution is 2.75. The monoisotopic (exact) mass is 338 g/mol. The Kier molecular flexibility index (Phi) is 3.73.